The van der Waals surface area contributed by atoms with Crippen molar-refractivity contribution < 1.29 is 9.84 Å². The van der Waals surface area contributed by atoms with E-state index in [1.165, 1.54) is 32.4 Å². The van der Waals surface area contributed by atoms with Crippen LogP contribution in [0.1, 0.15) is 26.2 Å². The van der Waals surface area contributed by atoms with E-state index in [1.54, 1.807) is 7.11 Å². The first-order chi connectivity index (χ1) is 7.80. The first-order valence-electron chi connectivity index (χ1n) is 6.38. The third-order valence-electron chi connectivity index (χ3n) is 3.33. The van der Waals surface area contributed by atoms with Gasteiger partial charge >= 0.3 is 0 Å². The molecule has 2 unspecified atom stereocenters. The third-order valence-corrected chi connectivity index (χ3v) is 3.33. The number of likely N-dealkylation sites (tertiary alicyclic amines) is 1. The smallest absolute Gasteiger partial charge is 0.0638 e. The summed E-state index contributed by atoms with van der Waals surface area (Å²) in [6.07, 6.45) is 3.63. The summed E-state index contributed by atoms with van der Waals surface area (Å²) in [5, 5.41) is 12.7. The topological polar surface area (TPSA) is 44.7 Å². The van der Waals surface area contributed by atoms with Crippen LogP contribution in [0.15, 0.2) is 0 Å². The molecule has 1 rings (SSSR count). The molecule has 1 heterocycles. The van der Waals surface area contributed by atoms with Gasteiger partial charge in [0.1, 0.15) is 0 Å². The molecule has 0 aromatic rings. The van der Waals surface area contributed by atoms with Crippen molar-refractivity contribution in [2.24, 2.45) is 0 Å². The van der Waals surface area contributed by atoms with Crippen LogP contribution >= 0.6 is 0 Å². The van der Waals surface area contributed by atoms with Gasteiger partial charge in [-0.1, -0.05) is 6.92 Å². The number of methoxy groups -OCH3 is 1. The van der Waals surface area contributed by atoms with E-state index in [4.69, 9.17) is 4.74 Å². The van der Waals surface area contributed by atoms with Crippen LogP contribution in [0.2, 0.25) is 0 Å². The van der Waals surface area contributed by atoms with Crippen molar-refractivity contribution in [2.75, 3.05) is 40.0 Å². The predicted molar refractivity (Wildman–Crippen MR) is 65.6 cm³/mol. The van der Waals surface area contributed by atoms with E-state index in [-0.39, 0.29) is 12.6 Å². The van der Waals surface area contributed by atoms with Gasteiger partial charge in [-0.25, -0.2) is 0 Å². The number of aliphatic hydroxyl groups is 1. The van der Waals surface area contributed by atoms with Gasteiger partial charge in [-0.3, -0.25) is 0 Å². The van der Waals surface area contributed by atoms with Crippen LogP contribution in [0.5, 0.6) is 0 Å². The van der Waals surface area contributed by atoms with Gasteiger partial charge < -0.3 is 20.1 Å². The Labute approximate surface area is 99.0 Å². The van der Waals surface area contributed by atoms with Gasteiger partial charge in [-0.15, -0.1) is 0 Å². The molecule has 4 nitrogen and oxygen atoms in total. The average molecular weight is 230 g/mol. The second-order valence-corrected chi connectivity index (χ2v) is 4.56. The van der Waals surface area contributed by atoms with E-state index in [1.807, 2.05) is 0 Å². The Morgan fingerprint density at radius 3 is 2.88 bits per heavy atom. The van der Waals surface area contributed by atoms with Crippen LogP contribution in [0.25, 0.3) is 0 Å². The zero-order chi connectivity index (χ0) is 11.8. The van der Waals surface area contributed by atoms with Gasteiger partial charge in [-0.05, 0) is 38.9 Å². The van der Waals surface area contributed by atoms with Crippen molar-refractivity contribution in [3.05, 3.63) is 0 Å². The lowest BCUT2D eigenvalue weighted by Gasteiger charge is -2.23. The molecular formula is C12H26N2O2. The summed E-state index contributed by atoms with van der Waals surface area (Å²) in [5.41, 5.74) is 0. The molecule has 2 N–H and O–H groups in total. The van der Waals surface area contributed by atoms with Crippen molar-refractivity contribution in [1.82, 2.24) is 10.2 Å². The second kappa shape index (κ2) is 8.01. The molecule has 1 aliphatic heterocycles. The highest BCUT2D eigenvalue weighted by molar-refractivity contribution is 4.78. The number of ether oxygens (including phenoxy) is 1. The Balaban J connectivity index is 2.30. The lowest BCUT2D eigenvalue weighted by Crippen LogP contribution is -2.43. The van der Waals surface area contributed by atoms with Crippen molar-refractivity contribution in [3.8, 4) is 0 Å². The molecular weight excluding hydrogens is 204 g/mol. The lowest BCUT2D eigenvalue weighted by molar-refractivity contribution is 0.120. The molecule has 0 saturated carbocycles. The summed E-state index contributed by atoms with van der Waals surface area (Å²) in [4.78, 5) is 2.49. The molecule has 1 fully saturated rings. The second-order valence-electron chi connectivity index (χ2n) is 4.56. The fraction of sp³-hybridized carbons (Fsp3) is 1.00. The van der Waals surface area contributed by atoms with E-state index in [2.05, 4.69) is 17.1 Å². The minimum absolute atomic E-state index is 0.0863. The first kappa shape index (κ1) is 13.9. The maximum Gasteiger partial charge on any atom is 0.0638 e. The molecule has 0 amide bonds. The average Bonchev–Trinajstić information content (AvgIpc) is 2.53. The van der Waals surface area contributed by atoms with Crippen LogP contribution in [0.3, 0.4) is 0 Å². The minimum Gasteiger partial charge on any atom is -0.395 e. The molecule has 2 atom stereocenters. The van der Waals surface area contributed by atoms with Crippen LogP contribution in [-0.2, 0) is 4.74 Å². The monoisotopic (exact) mass is 230 g/mol. The van der Waals surface area contributed by atoms with E-state index in [0.29, 0.717) is 12.6 Å². The largest absolute Gasteiger partial charge is 0.395 e. The normalized spacial score (nSPS) is 25.3. The number of aliphatic hydroxyl groups excluding tert-OH is 1. The zero-order valence-electron chi connectivity index (χ0n) is 10.6. The lowest BCUT2D eigenvalue weighted by atomic mass is 10.1. The van der Waals surface area contributed by atoms with Gasteiger partial charge in [0.2, 0.25) is 0 Å². The number of hydrogen-bond donors (Lipinski definition) is 2. The number of nitrogens with zero attached hydrogens (tertiary/aromatic N) is 1. The molecule has 0 aromatic heterocycles. The molecule has 0 radical (unpaired) electrons. The third kappa shape index (κ3) is 4.78. The summed E-state index contributed by atoms with van der Waals surface area (Å²) < 4.78 is 5.08. The summed E-state index contributed by atoms with van der Waals surface area (Å²) in [6, 6.07) is 0.618. The first-order valence-corrected chi connectivity index (χ1v) is 6.38. The Hall–Kier alpha value is -0.160. The Bertz CT molecular complexity index is 178. The predicted octanol–water partition coefficient (Wildman–Crippen LogP) is 0.458. The summed E-state index contributed by atoms with van der Waals surface area (Å²) >= 11 is 0. The van der Waals surface area contributed by atoms with E-state index in [9.17, 15) is 5.11 Å². The van der Waals surface area contributed by atoms with E-state index < -0.39 is 0 Å². The fourth-order valence-corrected chi connectivity index (χ4v) is 2.33. The van der Waals surface area contributed by atoms with Crippen molar-refractivity contribution in [2.45, 2.75) is 38.3 Å². The number of nitrogens with one attached hydrogen (secondary N) is 1. The van der Waals surface area contributed by atoms with Crippen LogP contribution in [0.4, 0.5) is 0 Å². The molecule has 0 spiro atoms. The highest BCUT2D eigenvalue weighted by Crippen LogP contribution is 2.11. The maximum absolute atomic E-state index is 9.20. The molecule has 0 bridgehead atoms. The van der Waals surface area contributed by atoms with Gasteiger partial charge in [0.05, 0.1) is 19.3 Å². The summed E-state index contributed by atoms with van der Waals surface area (Å²) in [6.45, 7) is 6.48. The van der Waals surface area contributed by atoms with Crippen LogP contribution in [0, 0.1) is 0 Å². The molecule has 0 aliphatic carbocycles. The Morgan fingerprint density at radius 1 is 1.44 bits per heavy atom. The summed E-state index contributed by atoms with van der Waals surface area (Å²) in [7, 11) is 1.68. The van der Waals surface area contributed by atoms with Gasteiger partial charge in [0.25, 0.3) is 0 Å². The molecule has 1 aliphatic rings. The van der Waals surface area contributed by atoms with Gasteiger partial charge in [-0.2, -0.15) is 0 Å². The van der Waals surface area contributed by atoms with Gasteiger partial charge in [0.15, 0.2) is 0 Å². The minimum atomic E-state index is 0.0863. The van der Waals surface area contributed by atoms with E-state index >= 15 is 0 Å². The van der Waals surface area contributed by atoms with Crippen molar-refractivity contribution >= 4 is 0 Å². The molecule has 0 aromatic carbocycles. The highest BCUT2D eigenvalue weighted by atomic mass is 16.5. The standard InChI is InChI=1S/C12H26N2O2/c1-3-14-7-4-5-11(6-8-14)13-12(9-15)10-16-2/h11-13,15H,3-10H2,1-2H3. The Morgan fingerprint density at radius 2 is 2.25 bits per heavy atom. The summed E-state index contributed by atoms with van der Waals surface area (Å²) in [5.74, 6) is 0. The highest BCUT2D eigenvalue weighted by Gasteiger charge is 2.18. The van der Waals surface area contributed by atoms with Crippen LogP contribution in [-0.4, -0.2) is 62.0 Å². The molecule has 4 heteroatoms. The molecule has 16 heavy (non-hydrogen) atoms. The van der Waals surface area contributed by atoms with Crippen molar-refractivity contribution in [1.29, 1.82) is 0 Å². The maximum atomic E-state index is 9.20. The number of hydrogen-bond acceptors (Lipinski definition) is 4. The molecule has 1 saturated heterocycles. The number of rotatable bonds is 6. The quantitative estimate of drug-likeness (QED) is 0.696. The SMILES string of the molecule is CCN1CCCC(NC(CO)COC)CC1. The van der Waals surface area contributed by atoms with Crippen molar-refractivity contribution in [3.63, 3.8) is 0 Å². The van der Waals surface area contributed by atoms with E-state index in [0.717, 1.165) is 6.54 Å². The fourth-order valence-electron chi connectivity index (χ4n) is 2.33. The van der Waals surface area contributed by atoms with Gasteiger partial charge in [0, 0.05) is 13.2 Å². The van der Waals surface area contributed by atoms with Crippen LogP contribution < -0.4 is 5.32 Å². The molecule has 96 valence electrons. The Kier molecular flexibility index (Phi) is 6.96. The zero-order valence-corrected chi connectivity index (χ0v) is 10.6.